The Morgan fingerprint density at radius 3 is 2.74 bits per heavy atom. The number of thioether (sulfide) groups is 1. The zero-order chi connectivity index (χ0) is 19.4. The number of aromatic nitrogens is 4. The van der Waals surface area contributed by atoms with Gasteiger partial charge in [0.05, 0.1) is 5.02 Å². The summed E-state index contributed by atoms with van der Waals surface area (Å²) in [6.07, 6.45) is 1.98. The van der Waals surface area contributed by atoms with Crippen LogP contribution >= 0.6 is 23.4 Å². The molecule has 9 heteroatoms. The molecule has 0 saturated carbocycles. The first-order valence-electron chi connectivity index (χ1n) is 8.22. The fourth-order valence-corrected chi connectivity index (χ4v) is 3.20. The van der Waals surface area contributed by atoms with E-state index < -0.39 is 0 Å². The van der Waals surface area contributed by atoms with Crippen molar-refractivity contribution in [1.82, 2.24) is 19.7 Å². The van der Waals surface area contributed by atoms with Crippen LogP contribution in [0, 0.1) is 0 Å². The number of nitrogens with two attached hydrogens (primary N) is 1. The molecule has 140 valence electrons. The molecule has 0 fully saturated rings. The van der Waals surface area contributed by atoms with Gasteiger partial charge in [-0.15, -0.1) is 11.8 Å². The van der Waals surface area contributed by atoms with Crippen molar-refractivity contribution in [2.45, 2.75) is 11.8 Å². The Hall–Kier alpha value is -2.58. The molecule has 0 spiro atoms. The van der Waals surface area contributed by atoms with Gasteiger partial charge in [0.25, 0.3) is 0 Å². The number of aryl methyl sites for hydroxylation is 1. The standard InChI is InChI=1S/C18H19ClN6OS/c1-4-26-24-16(20)13-9-10-14(27-3)15(21-13)18-22-17(23-25(18)2)11-7-5-6-8-12(11)19/h5-10H,4H2,1-3H3,(H2,20,24). The molecule has 0 bridgehead atoms. The third-order valence-electron chi connectivity index (χ3n) is 3.72. The highest BCUT2D eigenvalue weighted by molar-refractivity contribution is 7.98. The maximum atomic E-state index is 6.29. The lowest BCUT2D eigenvalue weighted by atomic mass is 10.2. The minimum absolute atomic E-state index is 0.208. The van der Waals surface area contributed by atoms with Gasteiger partial charge in [-0.1, -0.05) is 28.9 Å². The van der Waals surface area contributed by atoms with Crippen molar-refractivity contribution in [3.05, 3.63) is 47.1 Å². The first-order chi connectivity index (χ1) is 13.0. The highest BCUT2D eigenvalue weighted by Crippen LogP contribution is 2.31. The summed E-state index contributed by atoms with van der Waals surface area (Å²) < 4.78 is 1.68. The topological polar surface area (TPSA) is 91.2 Å². The third-order valence-corrected chi connectivity index (χ3v) is 4.82. The van der Waals surface area contributed by atoms with Crippen LogP contribution < -0.4 is 5.73 Å². The van der Waals surface area contributed by atoms with Gasteiger partial charge in [0.15, 0.2) is 17.5 Å². The fourth-order valence-electron chi connectivity index (χ4n) is 2.44. The monoisotopic (exact) mass is 402 g/mol. The molecular weight excluding hydrogens is 384 g/mol. The number of amidine groups is 1. The van der Waals surface area contributed by atoms with Crippen molar-refractivity contribution in [1.29, 1.82) is 0 Å². The zero-order valence-electron chi connectivity index (χ0n) is 15.2. The molecule has 0 radical (unpaired) electrons. The number of nitrogens with zero attached hydrogens (tertiary/aromatic N) is 5. The molecule has 0 aliphatic carbocycles. The van der Waals surface area contributed by atoms with Gasteiger partial charge in [-0.05, 0) is 37.4 Å². The van der Waals surface area contributed by atoms with Gasteiger partial charge in [-0.3, -0.25) is 0 Å². The lowest BCUT2D eigenvalue weighted by Crippen LogP contribution is -2.16. The Labute approximate surface area is 166 Å². The highest BCUT2D eigenvalue weighted by Gasteiger charge is 2.18. The SMILES string of the molecule is CCON=C(N)c1ccc(SC)c(-c2nc(-c3ccccc3Cl)nn2C)n1. The quantitative estimate of drug-likeness (QED) is 0.293. The number of rotatable bonds is 6. The summed E-state index contributed by atoms with van der Waals surface area (Å²) in [6, 6.07) is 11.2. The smallest absolute Gasteiger partial charge is 0.188 e. The molecule has 0 aliphatic rings. The molecule has 0 saturated heterocycles. The summed E-state index contributed by atoms with van der Waals surface area (Å²) in [7, 11) is 1.82. The molecule has 3 aromatic rings. The second-order valence-electron chi connectivity index (χ2n) is 5.50. The van der Waals surface area contributed by atoms with E-state index in [0.29, 0.717) is 34.7 Å². The maximum absolute atomic E-state index is 6.29. The molecule has 2 N–H and O–H groups in total. The van der Waals surface area contributed by atoms with Crippen LogP contribution in [0.25, 0.3) is 22.9 Å². The van der Waals surface area contributed by atoms with E-state index in [1.54, 1.807) is 22.5 Å². The van der Waals surface area contributed by atoms with Gasteiger partial charge in [-0.2, -0.15) is 5.10 Å². The van der Waals surface area contributed by atoms with E-state index in [4.69, 9.17) is 22.2 Å². The van der Waals surface area contributed by atoms with Crippen LogP contribution in [0.15, 0.2) is 46.4 Å². The lowest BCUT2D eigenvalue weighted by molar-refractivity contribution is 0.158. The Kier molecular flexibility index (Phi) is 5.98. The van der Waals surface area contributed by atoms with Crippen molar-refractivity contribution in [3.63, 3.8) is 0 Å². The van der Waals surface area contributed by atoms with Gasteiger partial charge in [0.1, 0.15) is 18.0 Å². The summed E-state index contributed by atoms with van der Waals surface area (Å²) in [6.45, 7) is 2.27. The number of benzene rings is 1. The summed E-state index contributed by atoms with van der Waals surface area (Å²) in [5, 5.41) is 8.95. The van der Waals surface area contributed by atoms with Crippen molar-refractivity contribution in [3.8, 4) is 22.9 Å². The second-order valence-corrected chi connectivity index (χ2v) is 6.76. The summed E-state index contributed by atoms with van der Waals surface area (Å²) in [5.74, 6) is 1.35. The lowest BCUT2D eigenvalue weighted by Gasteiger charge is -2.08. The van der Waals surface area contributed by atoms with Gasteiger partial charge in [0, 0.05) is 17.5 Å². The first kappa shape index (κ1) is 19.2. The summed E-state index contributed by atoms with van der Waals surface area (Å²) >= 11 is 7.85. The molecule has 1 aromatic carbocycles. The zero-order valence-corrected chi connectivity index (χ0v) is 16.8. The Bertz CT molecular complexity index is 988. The van der Waals surface area contributed by atoms with Crippen LogP contribution in [-0.4, -0.2) is 38.4 Å². The average molecular weight is 403 g/mol. The minimum atomic E-state index is 0.208. The second kappa shape index (κ2) is 8.41. The number of hydrogen-bond donors (Lipinski definition) is 1. The largest absolute Gasteiger partial charge is 0.394 e. The Morgan fingerprint density at radius 2 is 2.04 bits per heavy atom. The van der Waals surface area contributed by atoms with E-state index >= 15 is 0 Å². The average Bonchev–Trinajstić information content (AvgIpc) is 3.07. The van der Waals surface area contributed by atoms with Gasteiger partial charge in [0.2, 0.25) is 0 Å². The van der Waals surface area contributed by atoms with Crippen LogP contribution in [0.4, 0.5) is 0 Å². The number of oxime groups is 1. The van der Waals surface area contributed by atoms with Crippen molar-refractivity contribution in [2.75, 3.05) is 12.9 Å². The van der Waals surface area contributed by atoms with E-state index in [0.717, 1.165) is 10.5 Å². The van der Waals surface area contributed by atoms with Crippen LogP contribution in [-0.2, 0) is 11.9 Å². The van der Waals surface area contributed by atoms with Crippen LogP contribution in [0.1, 0.15) is 12.6 Å². The summed E-state index contributed by atoms with van der Waals surface area (Å²) in [5.41, 5.74) is 7.92. The van der Waals surface area contributed by atoms with Crippen LogP contribution in [0.5, 0.6) is 0 Å². The number of hydrogen-bond acceptors (Lipinski definition) is 6. The van der Waals surface area contributed by atoms with Gasteiger partial charge >= 0.3 is 0 Å². The summed E-state index contributed by atoms with van der Waals surface area (Å²) in [4.78, 5) is 15.3. The van der Waals surface area contributed by atoms with E-state index in [2.05, 4.69) is 20.2 Å². The third kappa shape index (κ3) is 4.06. The fraction of sp³-hybridized carbons (Fsp3) is 0.222. The molecular formula is C18H19ClN6OS. The normalized spacial score (nSPS) is 11.6. The predicted molar refractivity (Wildman–Crippen MR) is 109 cm³/mol. The van der Waals surface area contributed by atoms with Crippen LogP contribution in [0.2, 0.25) is 5.02 Å². The van der Waals surface area contributed by atoms with Crippen LogP contribution in [0.3, 0.4) is 0 Å². The molecule has 2 heterocycles. The molecule has 0 aliphatic heterocycles. The van der Waals surface area contributed by atoms with Gasteiger partial charge in [-0.25, -0.2) is 14.6 Å². The van der Waals surface area contributed by atoms with E-state index in [1.165, 1.54) is 0 Å². The molecule has 0 amide bonds. The van der Waals surface area contributed by atoms with E-state index in [9.17, 15) is 0 Å². The highest BCUT2D eigenvalue weighted by atomic mass is 35.5. The molecule has 2 aromatic heterocycles. The maximum Gasteiger partial charge on any atom is 0.188 e. The van der Waals surface area contributed by atoms with Crippen molar-refractivity contribution < 1.29 is 4.84 Å². The number of halogens is 1. The van der Waals surface area contributed by atoms with E-state index in [-0.39, 0.29) is 5.84 Å². The molecule has 3 rings (SSSR count). The first-order valence-corrected chi connectivity index (χ1v) is 9.82. The van der Waals surface area contributed by atoms with Crippen molar-refractivity contribution in [2.24, 2.45) is 17.9 Å². The molecule has 0 atom stereocenters. The minimum Gasteiger partial charge on any atom is -0.394 e. The molecule has 7 nitrogen and oxygen atoms in total. The Balaban J connectivity index is 2.09. The molecule has 0 unspecified atom stereocenters. The predicted octanol–water partition coefficient (Wildman–Crippen LogP) is 3.58. The van der Waals surface area contributed by atoms with Crippen molar-refractivity contribution >= 4 is 29.2 Å². The van der Waals surface area contributed by atoms with Gasteiger partial charge < -0.3 is 10.6 Å². The Morgan fingerprint density at radius 1 is 1.26 bits per heavy atom. The van der Waals surface area contributed by atoms with E-state index in [1.807, 2.05) is 50.6 Å². The molecule has 27 heavy (non-hydrogen) atoms. The number of pyridine rings is 1.